The van der Waals surface area contributed by atoms with Gasteiger partial charge in [0, 0.05) is 24.0 Å². The summed E-state index contributed by atoms with van der Waals surface area (Å²) in [6, 6.07) is 10.7. The van der Waals surface area contributed by atoms with Crippen LogP contribution in [0.15, 0.2) is 47.4 Å². The first kappa shape index (κ1) is 16.2. The van der Waals surface area contributed by atoms with Gasteiger partial charge in [0.1, 0.15) is 0 Å². The number of ketones is 1. The molecular formula is C17H16N2O4S. The number of likely N-dealkylation sites (N-methyl/N-ethyl adjacent to an activating group) is 1. The molecule has 1 amide bonds. The number of benzene rings is 2. The molecule has 0 atom stereocenters. The van der Waals surface area contributed by atoms with E-state index in [2.05, 4.69) is 4.72 Å². The van der Waals surface area contributed by atoms with E-state index in [9.17, 15) is 18.0 Å². The van der Waals surface area contributed by atoms with Crippen LogP contribution in [0.5, 0.6) is 0 Å². The van der Waals surface area contributed by atoms with E-state index in [-0.39, 0.29) is 23.0 Å². The Balaban J connectivity index is 1.86. The van der Waals surface area contributed by atoms with Crippen LogP contribution in [0.4, 0.5) is 11.4 Å². The van der Waals surface area contributed by atoms with Gasteiger partial charge < -0.3 is 4.90 Å². The molecule has 124 valence electrons. The van der Waals surface area contributed by atoms with Crippen molar-refractivity contribution in [2.75, 3.05) is 16.7 Å². The third-order valence-electron chi connectivity index (χ3n) is 3.98. The van der Waals surface area contributed by atoms with E-state index in [1.165, 1.54) is 31.2 Å². The van der Waals surface area contributed by atoms with Crippen LogP contribution in [0.3, 0.4) is 0 Å². The molecule has 2 aromatic rings. The normalized spacial score (nSPS) is 13.8. The maximum absolute atomic E-state index is 12.4. The van der Waals surface area contributed by atoms with Crippen LogP contribution < -0.4 is 9.62 Å². The summed E-state index contributed by atoms with van der Waals surface area (Å²) in [6.45, 7) is 1.42. The Hall–Kier alpha value is -2.67. The summed E-state index contributed by atoms with van der Waals surface area (Å²) in [6.07, 6.45) is 0.259. The number of carbonyl (C=O) groups is 2. The Morgan fingerprint density at radius 1 is 1.12 bits per heavy atom. The molecular weight excluding hydrogens is 328 g/mol. The number of nitrogens with zero attached hydrogens (tertiary/aromatic N) is 1. The number of Topliss-reactive ketones (excluding diaryl/α,β-unsaturated/α-hetero) is 1. The fourth-order valence-electron chi connectivity index (χ4n) is 2.62. The maximum Gasteiger partial charge on any atom is 0.261 e. The number of nitrogens with one attached hydrogen (secondary N) is 1. The van der Waals surface area contributed by atoms with Gasteiger partial charge in [-0.05, 0) is 42.8 Å². The fraction of sp³-hybridized carbons (Fsp3) is 0.176. The Kier molecular flexibility index (Phi) is 3.88. The van der Waals surface area contributed by atoms with E-state index < -0.39 is 10.0 Å². The summed E-state index contributed by atoms with van der Waals surface area (Å²) in [5, 5.41) is 0. The minimum atomic E-state index is -3.76. The summed E-state index contributed by atoms with van der Waals surface area (Å²) in [4.78, 5) is 24.6. The molecule has 0 spiro atoms. The lowest BCUT2D eigenvalue weighted by Gasteiger charge is -2.12. The van der Waals surface area contributed by atoms with Gasteiger partial charge in [0.15, 0.2) is 5.78 Å². The summed E-state index contributed by atoms with van der Waals surface area (Å²) >= 11 is 0. The molecule has 3 rings (SSSR count). The summed E-state index contributed by atoms with van der Waals surface area (Å²) in [5.41, 5.74) is 2.42. The van der Waals surface area contributed by atoms with Crippen molar-refractivity contribution in [2.45, 2.75) is 18.2 Å². The predicted molar refractivity (Wildman–Crippen MR) is 90.8 cm³/mol. The highest BCUT2D eigenvalue weighted by molar-refractivity contribution is 7.92. The number of hydrogen-bond acceptors (Lipinski definition) is 4. The molecule has 0 aliphatic carbocycles. The molecule has 24 heavy (non-hydrogen) atoms. The first-order chi connectivity index (χ1) is 11.3. The van der Waals surface area contributed by atoms with Gasteiger partial charge in [-0.1, -0.05) is 12.1 Å². The van der Waals surface area contributed by atoms with E-state index in [0.717, 1.165) is 11.3 Å². The Morgan fingerprint density at radius 3 is 2.42 bits per heavy atom. The molecule has 0 saturated carbocycles. The van der Waals surface area contributed by atoms with Crippen molar-refractivity contribution in [3.8, 4) is 0 Å². The van der Waals surface area contributed by atoms with Gasteiger partial charge in [0.2, 0.25) is 5.91 Å². The zero-order chi connectivity index (χ0) is 17.5. The van der Waals surface area contributed by atoms with E-state index in [4.69, 9.17) is 0 Å². The summed E-state index contributed by atoms with van der Waals surface area (Å²) in [5.74, 6) is -0.149. The molecule has 2 aromatic carbocycles. The standard InChI is InChI=1S/C17H16N2O4S/c1-11(20)12-3-6-15(7-4-12)24(22,23)18-14-5-8-16-13(9-14)10-17(21)19(16)2/h3-9,18H,10H2,1-2H3. The third kappa shape index (κ3) is 2.90. The highest BCUT2D eigenvalue weighted by Crippen LogP contribution is 2.30. The monoisotopic (exact) mass is 344 g/mol. The van der Waals surface area contributed by atoms with Gasteiger partial charge in [-0.25, -0.2) is 8.42 Å². The van der Waals surface area contributed by atoms with Crippen LogP contribution in [0.25, 0.3) is 0 Å². The molecule has 0 saturated heterocycles. The highest BCUT2D eigenvalue weighted by atomic mass is 32.2. The van der Waals surface area contributed by atoms with Gasteiger partial charge in [0.05, 0.1) is 11.3 Å². The smallest absolute Gasteiger partial charge is 0.261 e. The van der Waals surface area contributed by atoms with Gasteiger partial charge in [0.25, 0.3) is 10.0 Å². The second-order valence-corrected chi connectivity index (χ2v) is 7.34. The number of sulfonamides is 1. The van der Waals surface area contributed by atoms with Gasteiger partial charge >= 0.3 is 0 Å². The number of rotatable bonds is 4. The van der Waals surface area contributed by atoms with Crippen molar-refractivity contribution in [3.63, 3.8) is 0 Å². The molecule has 0 fully saturated rings. The van der Waals surface area contributed by atoms with Crippen LogP contribution in [0.1, 0.15) is 22.8 Å². The van der Waals surface area contributed by atoms with Crippen molar-refractivity contribution in [1.82, 2.24) is 0 Å². The van der Waals surface area contributed by atoms with Crippen LogP contribution in [0.2, 0.25) is 0 Å². The average Bonchev–Trinajstić information content (AvgIpc) is 2.81. The summed E-state index contributed by atoms with van der Waals surface area (Å²) in [7, 11) is -2.07. The first-order valence-electron chi connectivity index (χ1n) is 7.31. The van der Waals surface area contributed by atoms with Crippen molar-refractivity contribution in [3.05, 3.63) is 53.6 Å². The molecule has 1 aliphatic rings. The van der Waals surface area contributed by atoms with Crippen LogP contribution >= 0.6 is 0 Å². The first-order valence-corrected chi connectivity index (χ1v) is 8.79. The quantitative estimate of drug-likeness (QED) is 0.862. The fourth-order valence-corrected chi connectivity index (χ4v) is 3.67. The zero-order valence-corrected chi connectivity index (χ0v) is 14.1. The van der Waals surface area contributed by atoms with Gasteiger partial charge in [-0.15, -0.1) is 0 Å². The minimum absolute atomic E-state index is 0.0233. The average molecular weight is 344 g/mol. The second-order valence-electron chi connectivity index (χ2n) is 5.66. The van der Waals surface area contributed by atoms with Crippen LogP contribution in [-0.2, 0) is 21.2 Å². The van der Waals surface area contributed by atoms with Crippen molar-refractivity contribution < 1.29 is 18.0 Å². The van der Waals surface area contributed by atoms with E-state index in [1.807, 2.05) is 0 Å². The van der Waals surface area contributed by atoms with Crippen LogP contribution in [0, 0.1) is 0 Å². The minimum Gasteiger partial charge on any atom is -0.315 e. The lowest BCUT2D eigenvalue weighted by Crippen LogP contribution is -2.20. The zero-order valence-electron chi connectivity index (χ0n) is 13.2. The largest absolute Gasteiger partial charge is 0.315 e. The molecule has 7 heteroatoms. The predicted octanol–water partition coefficient (Wildman–Crippen LogP) is 2.21. The Bertz CT molecular complexity index is 934. The van der Waals surface area contributed by atoms with E-state index in [1.54, 1.807) is 30.1 Å². The molecule has 1 N–H and O–H groups in total. The lowest BCUT2D eigenvalue weighted by molar-refractivity contribution is -0.117. The Labute approximate surface area is 140 Å². The Morgan fingerprint density at radius 2 is 1.79 bits per heavy atom. The second kappa shape index (κ2) is 5.76. The SMILES string of the molecule is CC(=O)c1ccc(S(=O)(=O)Nc2ccc3c(c2)CC(=O)N3C)cc1. The van der Waals surface area contributed by atoms with Crippen LogP contribution in [-0.4, -0.2) is 27.2 Å². The maximum atomic E-state index is 12.4. The van der Waals surface area contributed by atoms with Gasteiger partial charge in [-0.2, -0.15) is 0 Å². The number of anilines is 2. The number of carbonyl (C=O) groups excluding carboxylic acids is 2. The molecule has 0 aromatic heterocycles. The topological polar surface area (TPSA) is 83.5 Å². The molecule has 1 aliphatic heterocycles. The van der Waals surface area contributed by atoms with E-state index >= 15 is 0 Å². The highest BCUT2D eigenvalue weighted by Gasteiger charge is 2.24. The molecule has 1 heterocycles. The lowest BCUT2D eigenvalue weighted by atomic mass is 10.1. The molecule has 6 nitrogen and oxygen atoms in total. The van der Waals surface area contributed by atoms with Crippen molar-refractivity contribution in [2.24, 2.45) is 0 Å². The van der Waals surface area contributed by atoms with Crippen molar-refractivity contribution in [1.29, 1.82) is 0 Å². The molecule has 0 radical (unpaired) electrons. The number of fused-ring (bicyclic) bond motifs is 1. The molecule has 0 unspecified atom stereocenters. The number of amides is 1. The third-order valence-corrected chi connectivity index (χ3v) is 5.38. The summed E-state index contributed by atoms with van der Waals surface area (Å²) < 4.78 is 27.4. The van der Waals surface area contributed by atoms with Crippen molar-refractivity contribution >= 4 is 33.1 Å². The number of hydrogen-bond donors (Lipinski definition) is 1. The van der Waals surface area contributed by atoms with Gasteiger partial charge in [-0.3, -0.25) is 14.3 Å². The van der Waals surface area contributed by atoms with E-state index in [0.29, 0.717) is 11.3 Å². The molecule has 0 bridgehead atoms.